The van der Waals surface area contributed by atoms with Crippen LogP contribution in [0.4, 0.5) is 0 Å². The molecule has 0 aromatic carbocycles. The van der Waals surface area contributed by atoms with Crippen LogP contribution in [0.2, 0.25) is 0 Å². The van der Waals surface area contributed by atoms with Crippen LogP contribution in [-0.2, 0) is 0 Å². The summed E-state index contributed by atoms with van der Waals surface area (Å²) >= 11 is 0. The van der Waals surface area contributed by atoms with Gasteiger partial charge in [0.1, 0.15) is 0 Å². The molecule has 0 N–H and O–H groups in total. The Labute approximate surface area is 140 Å². The van der Waals surface area contributed by atoms with Crippen molar-refractivity contribution < 1.29 is 0 Å². The maximum Gasteiger partial charge on any atom is -0.0167 e. The second-order valence-corrected chi connectivity index (χ2v) is 7.36. The van der Waals surface area contributed by atoms with Gasteiger partial charge in [0, 0.05) is 0 Å². The average molecular weight is 305 g/mol. The highest BCUT2D eigenvalue weighted by Crippen LogP contribution is 2.37. The Morgan fingerprint density at radius 1 is 0.864 bits per heavy atom. The van der Waals surface area contributed by atoms with Gasteiger partial charge < -0.3 is 0 Å². The molecule has 1 aliphatic rings. The lowest BCUT2D eigenvalue weighted by Gasteiger charge is -2.33. The van der Waals surface area contributed by atoms with Crippen LogP contribution < -0.4 is 0 Å². The first-order valence-corrected chi connectivity index (χ1v) is 10.1. The van der Waals surface area contributed by atoms with Crippen LogP contribution in [0.15, 0.2) is 24.3 Å². The van der Waals surface area contributed by atoms with E-state index in [1.54, 1.807) is 0 Å². The lowest BCUT2D eigenvalue weighted by atomic mass is 9.72. The highest BCUT2D eigenvalue weighted by atomic mass is 14.3. The van der Waals surface area contributed by atoms with Gasteiger partial charge in [-0.2, -0.15) is 0 Å². The van der Waals surface area contributed by atoms with Crippen molar-refractivity contribution in [3.63, 3.8) is 0 Å². The summed E-state index contributed by atoms with van der Waals surface area (Å²) in [6, 6.07) is 0. The molecule has 0 heteroatoms. The molecule has 0 saturated carbocycles. The topological polar surface area (TPSA) is 0 Å². The van der Waals surface area contributed by atoms with Gasteiger partial charge in [0.05, 0.1) is 0 Å². The largest absolute Gasteiger partial charge is 0.0840 e. The Balaban J connectivity index is 2.67. The lowest BCUT2D eigenvalue weighted by Crippen LogP contribution is -2.22. The zero-order chi connectivity index (χ0) is 16.2. The molecule has 0 heterocycles. The van der Waals surface area contributed by atoms with Crippen molar-refractivity contribution in [2.24, 2.45) is 23.7 Å². The van der Waals surface area contributed by atoms with Gasteiger partial charge in [0.25, 0.3) is 0 Å². The summed E-state index contributed by atoms with van der Waals surface area (Å²) in [6.07, 6.45) is 23.2. The fourth-order valence-electron chi connectivity index (χ4n) is 4.36. The number of allylic oxidation sites excluding steroid dienone is 4. The third-order valence-electron chi connectivity index (χ3n) is 5.66. The molecule has 0 amide bonds. The van der Waals surface area contributed by atoms with E-state index in [-0.39, 0.29) is 0 Å². The van der Waals surface area contributed by atoms with Gasteiger partial charge in [-0.25, -0.2) is 0 Å². The maximum absolute atomic E-state index is 2.48. The third kappa shape index (κ3) is 6.71. The minimum absolute atomic E-state index is 0.799. The van der Waals surface area contributed by atoms with Crippen LogP contribution in [0.1, 0.15) is 91.9 Å². The lowest BCUT2D eigenvalue weighted by molar-refractivity contribution is 0.199. The van der Waals surface area contributed by atoms with Crippen molar-refractivity contribution in [3.8, 4) is 0 Å². The fourth-order valence-corrected chi connectivity index (χ4v) is 4.36. The summed E-state index contributed by atoms with van der Waals surface area (Å²) in [6.45, 7) is 9.49. The van der Waals surface area contributed by atoms with Gasteiger partial charge in [0.2, 0.25) is 0 Å². The monoisotopic (exact) mass is 304 g/mol. The first-order valence-electron chi connectivity index (χ1n) is 10.1. The molecule has 1 aliphatic carbocycles. The third-order valence-corrected chi connectivity index (χ3v) is 5.66. The molecule has 0 bridgehead atoms. The van der Waals surface area contributed by atoms with Gasteiger partial charge in [-0.15, -0.1) is 0 Å². The Hall–Kier alpha value is -0.520. The quantitative estimate of drug-likeness (QED) is 0.349. The Morgan fingerprint density at radius 3 is 2.18 bits per heavy atom. The summed E-state index contributed by atoms with van der Waals surface area (Å²) in [5.41, 5.74) is 0. The molecule has 0 aliphatic heterocycles. The van der Waals surface area contributed by atoms with Crippen LogP contribution in [0.25, 0.3) is 0 Å². The predicted molar refractivity (Wildman–Crippen MR) is 101 cm³/mol. The summed E-state index contributed by atoms with van der Waals surface area (Å²) in [5, 5.41) is 0. The highest BCUT2D eigenvalue weighted by Gasteiger charge is 2.26. The average Bonchev–Trinajstić information content (AvgIpc) is 2.56. The van der Waals surface area contributed by atoms with Crippen molar-refractivity contribution in [3.05, 3.63) is 24.3 Å². The van der Waals surface area contributed by atoms with Gasteiger partial charge in [0.15, 0.2) is 0 Å². The van der Waals surface area contributed by atoms with Crippen molar-refractivity contribution in [1.82, 2.24) is 0 Å². The van der Waals surface area contributed by atoms with Crippen LogP contribution >= 0.6 is 0 Å². The predicted octanol–water partition coefficient (Wildman–Crippen LogP) is 7.56. The molecule has 0 spiro atoms. The highest BCUT2D eigenvalue weighted by molar-refractivity contribution is 5.11. The van der Waals surface area contributed by atoms with Crippen molar-refractivity contribution in [2.45, 2.75) is 91.9 Å². The van der Waals surface area contributed by atoms with E-state index < -0.39 is 0 Å². The Kier molecular flexibility index (Phi) is 10.6. The normalized spacial score (nSPS) is 21.7. The molecule has 0 aromatic rings. The molecule has 4 atom stereocenters. The zero-order valence-electron chi connectivity index (χ0n) is 15.7. The molecular formula is C22H40. The van der Waals surface area contributed by atoms with Gasteiger partial charge >= 0.3 is 0 Å². The second kappa shape index (κ2) is 12.0. The zero-order valence-corrected chi connectivity index (χ0v) is 15.7. The SMILES string of the molecule is CCCCC(CCC)C(CC)CC(CCC)C1C=CC=CC1. The molecule has 4 unspecified atom stereocenters. The van der Waals surface area contributed by atoms with E-state index in [4.69, 9.17) is 0 Å². The smallest absolute Gasteiger partial charge is 0.0167 e. The van der Waals surface area contributed by atoms with Gasteiger partial charge in [-0.3, -0.25) is 0 Å². The molecule has 0 fully saturated rings. The van der Waals surface area contributed by atoms with E-state index in [0.717, 1.165) is 23.7 Å². The van der Waals surface area contributed by atoms with E-state index in [9.17, 15) is 0 Å². The standard InChI is InChI=1S/C22H40/c1-5-9-15-20(13-6-2)19(8-4)18-22(14-7-3)21-16-11-10-12-17-21/h10-12,16,19-22H,5-9,13-15,17-18H2,1-4H3. The molecule has 22 heavy (non-hydrogen) atoms. The minimum atomic E-state index is 0.799. The molecular weight excluding hydrogens is 264 g/mol. The van der Waals surface area contributed by atoms with Crippen molar-refractivity contribution in [1.29, 1.82) is 0 Å². The van der Waals surface area contributed by atoms with Crippen LogP contribution in [-0.4, -0.2) is 0 Å². The maximum atomic E-state index is 2.48. The van der Waals surface area contributed by atoms with E-state index in [1.165, 1.54) is 64.2 Å². The number of rotatable bonds is 12. The molecule has 0 nitrogen and oxygen atoms in total. The Bertz CT molecular complexity index is 312. The number of hydrogen-bond donors (Lipinski definition) is 0. The van der Waals surface area contributed by atoms with Crippen molar-refractivity contribution >= 4 is 0 Å². The Morgan fingerprint density at radius 2 is 1.64 bits per heavy atom. The fraction of sp³-hybridized carbons (Fsp3) is 0.818. The van der Waals surface area contributed by atoms with Gasteiger partial charge in [-0.05, 0) is 36.5 Å². The van der Waals surface area contributed by atoms with Crippen LogP contribution in [0.3, 0.4) is 0 Å². The van der Waals surface area contributed by atoms with Gasteiger partial charge in [-0.1, -0.05) is 103 Å². The first-order chi connectivity index (χ1) is 10.8. The summed E-state index contributed by atoms with van der Waals surface area (Å²) in [7, 11) is 0. The number of unbranched alkanes of at least 4 members (excludes halogenated alkanes) is 1. The van der Waals surface area contributed by atoms with E-state index in [0.29, 0.717) is 0 Å². The second-order valence-electron chi connectivity index (χ2n) is 7.36. The molecule has 0 saturated heterocycles. The van der Waals surface area contributed by atoms with Crippen LogP contribution in [0, 0.1) is 23.7 Å². The van der Waals surface area contributed by atoms with E-state index in [1.807, 2.05) is 0 Å². The molecule has 1 rings (SSSR count). The van der Waals surface area contributed by atoms with Crippen molar-refractivity contribution in [2.75, 3.05) is 0 Å². The molecule has 0 aromatic heterocycles. The van der Waals surface area contributed by atoms with Crippen LogP contribution in [0.5, 0.6) is 0 Å². The molecule has 0 radical (unpaired) electrons. The molecule has 128 valence electrons. The first kappa shape index (κ1) is 19.5. The summed E-state index contributed by atoms with van der Waals surface area (Å²) in [4.78, 5) is 0. The number of hydrogen-bond acceptors (Lipinski definition) is 0. The minimum Gasteiger partial charge on any atom is -0.0840 e. The summed E-state index contributed by atoms with van der Waals surface area (Å²) < 4.78 is 0. The van der Waals surface area contributed by atoms with E-state index in [2.05, 4.69) is 52.0 Å². The van der Waals surface area contributed by atoms with E-state index >= 15 is 0 Å². The summed E-state index contributed by atoms with van der Waals surface area (Å²) in [5.74, 6) is 3.62.